The van der Waals surface area contributed by atoms with E-state index in [1.165, 1.54) is 19.1 Å². The number of ether oxygens (including phenoxy) is 2. The average molecular weight is 673 g/mol. The fourth-order valence-electron chi connectivity index (χ4n) is 7.40. The number of aliphatic hydroxyl groups excluding tert-OH is 2. The zero-order chi connectivity index (χ0) is 34.3. The maximum atomic E-state index is 14.5. The van der Waals surface area contributed by atoms with E-state index in [2.05, 4.69) is 0 Å². The molecule has 1 aliphatic heterocycles. The average Bonchev–Trinajstić information content (AvgIpc) is 2.98. The van der Waals surface area contributed by atoms with Crippen molar-refractivity contribution in [2.45, 2.75) is 93.5 Å². The van der Waals surface area contributed by atoms with Gasteiger partial charge >= 0.3 is 0 Å². The fourth-order valence-corrected chi connectivity index (χ4v) is 8.05. The number of ketones is 3. The van der Waals surface area contributed by atoms with Crippen molar-refractivity contribution in [3.8, 4) is 5.75 Å². The maximum absolute atomic E-state index is 14.5. The normalized spacial score (nSPS) is 35.7. The molecule has 0 bridgehead atoms. The lowest BCUT2D eigenvalue weighted by Gasteiger charge is -2.56. The van der Waals surface area contributed by atoms with Crippen LogP contribution in [0.1, 0.15) is 77.5 Å². The number of Topliss-reactive ketones (excluding diaryl/α,β-unsaturated/α-hetero) is 3. The Morgan fingerprint density at radius 1 is 1.00 bits per heavy atom. The van der Waals surface area contributed by atoms with E-state index < -0.39 is 105 Å². The van der Waals surface area contributed by atoms with Gasteiger partial charge in [0.25, 0.3) is 10.1 Å². The Morgan fingerprint density at radius 3 is 2.32 bits per heavy atom. The Balaban J connectivity index is 1.54. The molecule has 1 saturated heterocycles. The smallest absolute Gasteiger partial charge is 0.264 e. The van der Waals surface area contributed by atoms with Gasteiger partial charge in [0.15, 0.2) is 23.0 Å². The van der Waals surface area contributed by atoms with Crippen LogP contribution >= 0.6 is 0 Å². The number of rotatable bonds is 6. The van der Waals surface area contributed by atoms with Gasteiger partial charge in [0.05, 0.1) is 35.7 Å². The Morgan fingerprint density at radius 2 is 1.68 bits per heavy atom. The van der Waals surface area contributed by atoms with E-state index in [0.717, 1.165) is 0 Å². The van der Waals surface area contributed by atoms with Gasteiger partial charge in [-0.2, -0.15) is 8.42 Å². The Kier molecular flexibility index (Phi) is 8.13. The molecule has 5 N–H and O–H groups in total. The van der Waals surface area contributed by atoms with Crippen LogP contribution in [-0.2, 0) is 30.4 Å². The molecule has 3 aliphatic carbocycles. The molecule has 0 spiro atoms. The van der Waals surface area contributed by atoms with E-state index >= 15 is 0 Å². The first-order valence-electron chi connectivity index (χ1n) is 15.1. The summed E-state index contributed by atoms with van der Waals surface area (Å²) in [5.74, 6) is -3.13. The summed E-state index contributed by atoms with van der Waals surface area (Å²) < 4.78 is 42.0. The van der Waals surface area contributed by atoms with Crippen LogP contribution in [0.2, 0.25) is 0 Å². The van der Waals surface area contributed by atoms with Crippen molar-refractivity contribution in [2.75, 3.05) is 6.26 Å². The summed E-state index contributed by atoms with van der Waals surface area (Å²) in [4.78, 5) is 42.5. The van der Waals surface area contributed by atoms with Gasteiger partial charge in [0, 0.05) is 48.0 Å². The van der Waals surface area contributed by atoms with Crippen molar-refractivity contribution in [1.82, 2.24) is 0 Å². The highest BCUT2D eigenvalue weighted by atomic mass is 32.2. The standard InChI is InChI=1S/C33H36O13S/c1-16-27(36)21(34)12-22(45-16)18-9-10-19-25(30(18)44-14-17-7-5-4-6-8-17)28(37)20-11-24(46-47(3,42)43)32(40)15-31(2,39)13-23(35)33(32,41)26(20)29(19)38/h4-10,16,21-22,24,27,34,36,39-41H,11-15H2,1-3H3/t16-,21-,22-,24-,27-,31+,32-,33+/m1/s1. The number of hydrogen-bond acceptors (Lipinski definition) is 13. The Bertz CT molecular complexity index is 1790. The molecule has 2 aromatic rings. The second kappa shape index (κ2) is 11.4. The lowest BCUT2D eigenvalue weighted by atomic mass is 9.54. The van der Waals surface area contributed by atoms with Crippen LogP contribution in [0.15, 0.2) is 53.6 Å². The molecule has 2 fully saturated rings. The van der Waals surface area contributed by atoms with Gasteiger partial charge in [-0.05, 0) is 25.5 Å². The van der Waals surface area contributed by atoms with Gasteiger partial charge in [-0.3, -0.25) is 18.6 Å². The van der Waals surface area contributed by atoms with E-state index in [4.69, 9.17) is 13.7 Å². The third kappa shape index (κ3) is 5.46. The third-order valence-electron chi connectivity index (χ3n) is 9.54. The summed E-state index contributed by atoms with van der Waals surface area (Å²) in [6.45, 7) is 2.72. The van der Waals surface area contributed by atoms with Crippen LogP contribution in [-0.4, -0.2) is 98.8 Å². The molecule has 0 unspecified atom stereocenters. The Hall–Kier alpha value is -3.34. The highest BCUT2D eigenvalue weighted by Crippen LogP contribution is 2.55. The SMILES string of the molecule is C[C@H]1O[C@@H](c2ccc3c(c2OCc2ccccc2)C(=O)C2=C(C3=O)[C@@]3(O)C(=O)C[C@](C)(O)C[C@@]3(O)[C@H](OS(C)(=O)=O)C2)C[C@@H](O)[C@@H]1O. The predicted molar refractivity (Wildman–Crippen MR) is 162 cm³/mol. The van der Waals surface area contributed by atoms with Gasteiger partial charge in [-0.1, -0.05) is 36.4 Å². The summed E-state index contributed by atoms with van der Waals surface area (Å²) in [6, 6.07) is 11.7. The molecule has 4 aliphatic rings. The lowest BCUT2D eigenvalue weighted by molar-refractivity contribution is -0.225. The first kappa shape index (κ1) is 33.6. The van der Waals surface area contributed by atoms with Crippen molar-refractivity contribution in [3.05, 3.63) is 75.9 Å². The molecule has 1 saturated carbocycles. The summed E-state index contributed by atoms with van der Waals surface area (Å²) in [7, 11) is -4.38. The van der Waals surface area contributed by atoms with E-state index in [1.807, 2.05) is 0 Å². The van der Waals surface area contributed by atoms with Crippen molar-refractivity contribution in [3.63, 3.8) is 0 Å². The molecule has 8 atom stereocenters. The zero-order valence-electron chi connectivity index (χ0n) is 25.9. The number of benzene rings is 2. The molecular formula is C33H36O13S. The molecule has 47 heavy (non-hydrogen) atoms. The van der Waals surface area contributed by atoms with Crippen LogP contribution in [0.4, 0.5) is 0 Å². The number of hydrogen-bond donors (Lipinski definition) is 5. The monoisotopic (exact) mass is 672 g/mol. The van der Waals surface area contributed by atoms with Crippen LogP contribution < -0.4 is 4.74 Å². The summed E-state index contributed by atoms with van der Waals surface area (Å²) >= 11 is 0. The summed E-state index contributed by atoms with van der Waals surface area (Å²) in [6.07, 6.45) is -7.54. The quantitative estimate of drug-likeness (QED) is 0.269. The minimum absolute atomic E-state index is 0.0673. The van der Waals surface area contributed by atoms with Crippen molar-refractivity contribution in [1.29, 1.82) is 0 Å². The summed E-state index contributed by atoms with van der Waals surface area (Å²) in [5, 5.41) is 55.6. The van der Waals surface area contributed by atoms with E-state index in [1.54, 1.807) is 37.3 Å². The van der Waals surface area contributed by atoms with E-state index in [9.17, 15) is 48.3 Å². The van der Waals surface area contributed by atoms with Crippen LogP contribution in [0.25, 0.3) is 0 Å². The maximum Gasteiger partial charge on any atom is 0.264 e. The molecule has 0 aromatic heterocycles. The van der Waals surface area contributed by atoms with Gasteiger partial charge in [-0.25, -0.2) is 0 Å². The van der Waals surface area contributed by atoms with Crippen LogP contribution in [0, 0.1) is 0 Å². The first-order valence-corrected chi connectivity index (χ1v) is 17.0. The first-order chi connectivity index (χ1) is 21.9. The molecule has 252 valence electrons. The topological polar surface area (TPSA) is 214 Å². The van der Waals surface area contributed by atoms with Crippen molar-refractivity contribution >= 4 is 27.5 Å². The third-order valence-corrected chi connectivity index (χ3v) is 10.1. The molecule has 14 heteroatoms. The molecular weight excluding hydrogens is 636 g/mol. The zero-order valence-corrected chi connectivity index (χ0v) is 26.7. The van der Waals surface area contributed by atoms with Gasteiger partial charge in [0.1, 0.15) is 30.2 Å². The fraction of sp³-hybridized carbons (Fsp3) is 0.485. The second-order valence-corrected chi connectivity index (χ2v) is 14.8. The van der Waals surface area contributed by atoms with Crippen molar-refractivity contribution < 1.29 is 62.0 Å². The highest BCUT2D eigenvalue weighted by molar-refractivity contribution is 7.86. The predicted octanol–water partition coefficient (Wildman–Crippen LogP) is 0.837. The minimum atomic E-state index is -4.38. The van der Waals surface area contributed by atoms with Crippen molar-refractivity contribution in [2.24, 2.45) is 0 Å². The largest absolute Gasteiger partial charge is 0.488 e. The van der Waals surface area contributed by atoms with Crippen LogP contribution in [0.3, 0.4) is 0 Å². The molecule has 13 nitrogen and oxygen atoms in total. The molecule has 1 heterocycles. The van der Waals surface area contributed by atoms with Gasteiger partial charge in [0.2, 0.25) is 0 Å². The summed E-state index contributed by atoms with van der Waals surface area (Å²) in [5.41, 5.74) is -8.50. The number of carbonyl (C=O) groups excluding carboxylic acids is 3. The number of aliphatic hydroxyl groups is 5. The van der Waals surface area contributed by atoms with Crippen LogP contribution in [0.5, 0.6) is 5.75 Å². The van der Waals surface area contributed by atoms with Gasteiger partial charge in [-0.15, -0.1) is 0 Å². The second-order valence-electron chi connectivity index (χ2n) is 13.2. The van der Waals surface area contributed by atoms with Gasteiger partial charge < -0.3 is 35.0 Å². The van der Waals surface area contributed by atoms with E-state index in [-0.39, 0.29) is 35.5 Å². The molecule has 0 amide bonds. The number of fused-ring (bicyclic) bond motifs is 3. The molecule has 0 radical (unpaired) electrons. The minimum Gasteiger partial charge on any atom is -0.488 e. The molecule has 2 aromatic carbocycles. The Labute approximate surface area is 270 Å². The number of carbonyl (C=O) groups is 3. The lowest BCUT2D eigenvalue weighted by Crippen LogP contribution is -2.75. The highest BCUT2D eigenvalue weighted by Gasteiger charge is 2.71. The molecule has 6 rings (SSSR count). The van der Waals surface area contributed by atoms with E-state index in [0.29, 0.717) is 11.8 Å².